The van der Waals surface area contributed by atoms with Gasteiger partial charge >= 0.3 is 0 Å². The van der Waals surface area contributed by atoms with E-state index in [1.165, 1.54) is 29.9 Å². The molecular formula is C26H36ClN3O5. The highest BCUT2D eigenvalue weighted by molar-refractivity contribution is 6.06. The van der Waals surface area contributed by atoms with Gasteiger partial charge in [0.05, 0.1) is 35.8 Å². The van der Waals surface area contributed by atoms with Crippen LogP contribution in [0.25, 0.3) is 0 Å². The number of anilines is 1. The van der Waals surface area contributed by atoms with Crippen molar-refractivity contribution in [3.05, 3.63) is 36.4 Å². The van der Waals surface area contributed by atoms with Crippen LogP contribution in [-0.2, 0) is 9.59 Å². The van der Waals surface area contributed by atoms with E-state index < -0.39 is 24.0 Å². The minimum atomic E-state index is -1.01. The van der Waals surface area contributed by atoms with Crippen LogP contribution < -0.4 is 9.64 Å². The largest absolute Gasteiger partial charge is 0.488 e. The number of aliphatic hydroxyl groups excluding tert-OH is 2. The van der Waals surface area contributed by atoms with Crippen molar-refractivity contribution in [2.45, 2.75) is 50.4 Å². The number of carbonyl (C=O) groups is 2. The van der Waals surface area contributed by atoms with Gasteiger partial charge in [-0.3, -0.25) is 19.4 Å². The molecule has 1 aromatic rings. The van der Waals surface area contributed by atoms with Gasteiger partial charge in [0.15, 0.2) is 0 Å². The number of hydrogen-bond donors (Lipinski definition) is 2. The highest BCUT2D eigenvalue weighted by Crippen LogP contribution is 2.36. The second-order valence-electron chi connectivity index (χ2n) is 9.92. The Labute approximate surface area is 212 Å². The number of para-hydroxylation sites is 2. The second-order valence-corrected chi connectivity index (χ2v) is 9.92. The van der Waals surface area contributed by atoms with E-state index in [9.17, 15) is 19.8 Å². The summed E-state index contributed by atoms with van der Waals surface area (Å²) < 4.78 is 6.32. The molecular weight excluding hydrogens is 470 g/mol. The van der Waals surface area contributed by atoms with Gasteiger partial charge in [0.25, 0.3) is 0 Å². The number of nitrogens with zero attached hydrogens (tertiary/aromatic N) is 3. The standard InChI is InChI=1S/C26H35N3O5.ClH/c30-20-10-11-21(31)24-23(20)25(32)29(26(24)33)13-5-12-27-14-16-28(17-15-27)19-8-3-4-9-22(19)34-18-6-1-2-7-18;/h3-4,8-11,18,20-21,23-24,30-31H,1-2,5-7,12-17H2;1H. The van der Waals surface area contributed by atoms with Gasteiger partial charge in [-0.2, -0.15) is 0 Å². The van der Waals surface area contributed by atoms with Gasteiger partial charge in [0, 0.05) is 32.7 Å². The maximum absolute atomic E-state index is 12.7. The average molecular weight is 506 g/mol. The van der Waals surface area contributed by atoms with Gasteiger partial charge in [-0.25, -0.2) is 0 Å². The number of rotatable bonds is 7. The predicted octanol–water partition coefficient (Wildman–Crippen LogP) is 1.83. The quantitative estimate of drug-likeness (QED) is 0.431. The molecule has 2 aliphatic heterocycles. The van der Waals surface area contributed by atoms with E-state index >= 15 is 0 Å². The lowest BCUT2D eigenvalue weighted by Gasteiger charge is -2.37. The first-order valence-electron chi connectivity index (χ1n) is 12.7. The van der Waals surface area contributed by atoms with Crippen molar-refractivity contribution < 1.29 is 24.5 Å². The van der Waals surface area contributed by atoms with Gasteiger partial charge in [-0.05, 0) is 50.8 Å². The van der Waals surface area contributed by atoms with Gasteiger partial charge in [-0.1, -0.05) is 24.3 Å². The molecule has 4 aliphatic rings. The van der Waals surface area contributed by atoms with E-state index in [1.807, 2.05) is 6.07 Å². The van der Waals surface area contributed by atoms with Crippen molar-refractivity contribution in [1.82, 2.24) is 9.80 Å². The Hall–Kier alpha value is -2.13. The van der Waals surface area contributed by atoms with Crippen LogP contribution in [0.4, 0.5) is 5.69 Å². The van der Waals surface area contributed by atoms with Crippen LogP contribution in [0.2, 0.25) is 0 Å². The number of aliphatic hydroxyl groups is 2. The van der Waals surface area contributed by atoms with Gasteiger partial charge < -0.3 is 19.8 Å². The second kappa shape index (κ2) is 11.3. The molecule has 2 N–H and O–H groups in total. The molecule has 0 radical (unpaired) electrons. The molecule has 9 heteroatoms. The van der Waals surface area contributed by atoms with Crippen LogP contribution >= 0.6 is 12.4 Å². The number of hydrogen-bond acceptors (Lipinski definition) is 7. The molecule has 2 amide bonds. The fourth-order valence-corrected chi connectivity index (χ4v) is 5.85. The zero-order chi connectivity index (χ0) is 23.7. The van der Waals surface area contributed by atoms with E-state index in [0.717, 1.165) is 57.0 Å². The Kier molecular flexibility index (Phi) is 8.37. The minimum absolute atomic E-state index is 0. The van der Waals surface area contributed by atoms with Crippen LogP contribution in [0.15, 0.2) is 36.4 Å². The molecule has 0 aromatic heterocycles. The molecule has 1 aromatic carbocycles. The van der Waals surface area contributed by atoms with Crippen LogP contribution in [0.1, 0.15) is 32.1 Å². The predicted molar refractivity (Wildman–Crippen MR) is 135 cm³/mol. The lowest BCUT2D eigenvalue weighted by atomic mass is 9.81. The third-order valence-corrected chi connectivity index (χ3v) is 7.76. The van der Waals surface area contributed by atoms with Crippen molar-refractivity contribution in [3.63, 3.8) is 0 Å². The molecule has 8 nitrogen and oxygen atoms in total. The Bertz CT molecular complexity index is 899. The van der Waals surface area contributed by atoms with Crippen LogP contribution in [0, 0.1) is 11.8 Å². The van der Waals surface area contributed by atoms with Crippen molar-refractivity contribution in [2.24, 2.45) is 11.8 Å². The van der Waals surface area contributed by atoms with E-state index in [2.05, 4.69) is 28.0 Å². The first kappa shape index (κ1) is 25.9. The smallest absolute Gasteiger partial charge is 0.236 e. The molecule has 1 saturated carbocycles. The van der Waals surface area contributed by atoms with Crippen molar-refractivity contribution in [1.29, 1.82) is 0 Å². The minimum Gasteiger partial charge on any atom is -0.488 e. The third kappa shape index (κ3) is 5.35. The summed E-state index contributed by atoms with van der Waals surface area (Å²) in [7, 11) is 0. The highest BCUT2D eigenvalue weighted by Gasteiger charge is 2.53. The monoisotopic (exact) mass is 505 g/mol. The third-order valence-electron chi connectivity index (χ3n) is 7.76. The van der Waals surface area contributed by atoms with Crippen LogP contribution in [0.5, 0.6) is 5.75 Å². The lowest BCUT2D eigenvalue weighted by Crippen LogP contribution is -2.47. The van der Waals surface area contributed by atoms with Gasteiger partial charge in [0.1, 0.15) is 5.75 Å². The van der Waals surface area contributed by atoms with Crippen molar-refractivity contribution in [2.75, 3.05) is 44.2 Å². The molecule has 35 heavy (non-hydrogen) atoms. The Balaban J connectivity index is 0.00000289. The molecule has 192 valence electrons. The summed E-state index contributed by atoms with van der Waals surface area (Å²) in [5.41, 5.74) is 1.16. The van der Waals surface area contributed by atoms with E-state index in [1.54, 1.807) is 0 Å². The van der Waals surface area contributed by atoms with Gasteiger partial charge in [0.2, 0.25) is 11.8 Å². The topological polar surface area (TPSA) is 93.5 Å². The molecule has 2 heterocycles. The SMILES string of the molecule is Cl.O=C1C2C(O)C=CC(O)C2C(=O)N1CCCN1CCN(c2ccccc2OC2CCCC2)CC1. The summed E-state index contributed by atoms with van der Waals surface area (Å²) in [6, 6.07) is 8.32. The van der Waals surface area contributed by atoms with E-state index in [0.29, 0.717) is 19.1 Å². The fraction of sp³-hybridized carbons (Fsp3) is 0.615. The molecule has 4 unspecified atom stereocenters. The Morgan fingerprint density at radius 1 is 0.857 bits per heavy atom. The Morgan fingerprint density at radius 3 is 2.09 bits per heavy atom. The van der Waals surface area contributed by atoms with Crippen LogP contribution in [-0.4, -0.2) is 89.4 Å². The summed E-state index contributed by atoms with van der Waals surface area (Å²) in [5.74, 6) is -1.47. The lowest BCUT2D eigenvalue weighted by molar-refractivity contribution is -0.140. The van der Waals surface area contributed by atoms with Crippen LogP contribution in [0.3, 0.4) is 0 Å². The number of carbonyl (C=O) groups excluding carboxylic acids is 2. The molecule has 5 rings (SSSR count). The maximum atomic E-state index is 12.7. The highest BCUT2D eigenvalue weighted by atomic mass is 35.5. The number of fused-ring (bicyclic) bond motifs is 1. The number of ether oxygens (including phenoxy) is 1. The average Bonchev–Trinajstić information content (AvgIpc) is 3.45. The summed E-state index contributed by atoms with van der Waals surface area (Å²) in [5, 5.41) is 20.3. The number of amides is 2. The number of benzene rings is 1. The Morgan fingerprint density at radius 2 is 1.46 bits per heavy atom. The molecule has 4 atom stereocenters. The van der Waals surface area contributed by atoms with Crippen molar-refractivity contribution >= 4 is 29.9 Å². The summed E-state index contributed by atoms with van der Waals surface area (Å²) in [6.45, 7) is 4.74. The number of halogens is 1. The first-order valence-corrected chi connectivity index (χ1v) is 12.7. The number of imide groups is 1. The molecule has 2 aliphatic carbocycles. The zero-order valence-corrected chi connectivity index (χ0v) is 20.8. The number of piperazine rings is 1. The van der Waals surface area contributed by atoms with Gasteiger partial charge in [-0.15, -0.1) is 12.4 Å². The normalized spacial score (nSPS) is 29.4. The maximum Gasteiger partial charge on any atom is 0.236 e. The summed E-state index contributed by atoms with van der Waals surface area (Å²) in [4.78, 5) is 31.4. The molecule has 2 saturated heterocycles. The summed E-state index contributed by atoms with van der Waals surface area (Å²) in [6.07, 6.45) is 6.59. The van der Waals surface area contributed by atoms with E-state index in [-0.39, 0.29) is 24.2 Å². The zero-order valence-electron chi connectivity index (χ0n) is 20.0. The summed E-state index contributed by atoms with van der Waals surface area (Å²) >= 11 is 0. The molecule has 0 spiro atoms. The number of likely N-dealkylation sites (tertiary alicyclic amines) is 1. The van der Waals surface area contributed by atoms with Crippen molar-refractivity contribution in [3.8, 4) is 5.75 Å². The van der Waals surface area contributed by atoms with E-state index in [4.69, 9.17) is 4.74 Å². The fourth-order valence-electron chi connectivity index (χ4n) is 5.85. The first-order chi connectivity index (χ1) is 16.5. The molecule has 3 fully saturated rings. The molecule has 0 bridgehead atoms.